The molecule has 136 valence electrons. The minimum atomic E-state index is -4.67. The second-order valence-electron chi connectivity index (χ2n) is 5.35. The highest BCUT2D eigenvalue weighted by Gasteiger charge is 2.35. The number of nitriles is 1. The molecule has 0 aliphatic rings. The number of carbonyl (C=O) groups excluding carboxylic acids is 1. The molecule has 0 spiro atoms. The van der Waals surface area contributed by atoms with Crippen LogP contribution in [0.3, 0.4) is 0 Å². The van der Waals surface area contributed by atoms with Gasteiger partial charge in [0, 0.05) is 16.4 Å². The lowest BCUT2D eigenvalue weighted by atomic mass is 10.1. The van der Waals surface area contributed by atoms with Crippen LogP contribution >= 0.6 is 23.4 Å². The van der Waals surface area contributed by atoms with Crippen molar-refractivity contribution in [3.8, 4) is 6.07 Å². The molecule has 0 bridgehead atoms. The van der Waals surface area contributed by atoms with Gasteiger partial charge in [0.2, 0.25) is 5.91 Å². The van der Waals surface area contributed by atoms with Crippen molar-refractivity contribution in [2.75, 3.05) is 11.1 Å². The SMILES string of the molecule is Cc1cc(C(F)(F)F)c(C#N)c(SCC(=O)Nc2cccc(Cl)c2C)n1. The Kier molecular flexibility index (Phi) is 6.16. The second kappa shape index (κ2) is 7.98. The van der Waals surface area contributed by atoms with Gasteiger partial charge in [-0.15, -0.1) is 0 Å². The summed E-state index contributed by atoms with van der Waals surface area (Å²) in [4.78, 5) is 16.1. The van der Waals surface area contributed by atoms with Crippen LogP contribution in [0.25, 0.3) is 0 Å². The zero-order chi connectivity index (χ0) is 19.5. The predicted molar refractivity (Wildman–Crippen MR) is 94.2 cm³/mol. The molecule has 9 heteroatoms. The van der Waals surface area contributed by atoms with Gasteiger partial charge in [-0.3, -0.25) is 4.79 Å². The van der Waals surface area contributed by atoms with Gasteiger partial charge in [0.15, 0.2) is 0 Å². The van der Waals surface area contributed by atoms with E-state index < -0.39 is 23.2 Å². The first kappa shape index (κ1) is 20.1. The van der Waals surface area contributed by atoms with Gasteiger partial charge in [-0.25, -0.2) is 4.98 Å². The van der Waals surface area contributed by atoms with Gasteiger partial charge < -0.3 is 5.32 Å². The Bertz CT molecular complexity index is 894. The standard InChI is InChI=1S/C17H13ClF3N3OS/c1-9-6-12(17(19,20)21)11(7-22)16(23-9)26-8-15(25)24-14-5-3-4-13(18)10(14)2/h3-6H,8H2,1-2H3,(H,24,25). The molecule has 0 unspecified atom stereocenters. The fraction of sp³-hybridized carbons (Fsp3) is 0.235. The first-order valence-electron chi connectivity index (χ1n) is 7.30. The molecule has 0 fully saturated rings. The lowest BCUT2D eigenvalue weighted by molar-refractivity contribution is -0.138. The van der Waals surface area contributed by atoms with E-state index in [0.717, 1.165) is 17.8 Å². The monoisotopic (exact) mass is 399 g/mol. The van der Waals surface area contributed by atoms with Crippen molar-refractivity contribution >= 4 is 35.0 Å². The largest absolute Gasteiger partial charge is 0.417 e. The van der Waals surface area contributed by atoms with Crippen LogP contribution in [0, 0.1) is 25.2 Å². The molecule has 2 rings (SSSR count). The Morgan fingerprint density at radius 1 is 1.38 bits per heavy atom. The van der Waals surface area contributed by atoms with E-state index in [0.29, 0.717) is 16.3 Å². The molecule has 1 amide bonds. The van der Waals surface area contributed by atoms with Crippen molar-refractivity contribution in [3.05, 3.63) is 51.7 Å². The van der Waals surface area contributed by atoms with Crippen molar-refractivity contribution in [2.45, 2.75) is 25.0 Å². The highest BCUT2D eigenvalue weighted by Crippen LogP contribution is 2.35. The number of hydrogen-bond acceptors (Lipinski definition) is 4. The molecule has 1 aromatic heterocycles. The number of rotatable bonds is 4. The van der Waals surface area contributed by atoms with Gasteiger partial charge in [-0.05, 0) is 37.6 Å². The van der Waals surface area contributed by atoms with E-state index >= 15 is 0 Å². The lowest BCUT2D eigenvalue weighted by Crippen LogP contribution is -2.16. The van der Waals surface area contributed by atoms with Crippen molar-refractivity contribution < 1.29 is 18.0 Å². The molecule has 1 N–H and O–H groups in total. The number of halogens is 4. The van der Waals surface area contributed by atoms with Crippen LogP contribution in [0.4, 0.5) is 18.9 Å². The van der Waals surface area contributed by atoms with E-state index in [1.54, 1.807) is 25.1 Å². The van der Waals surface area contributed by atoms with Crippen LogP contribution in [-0.4, -0.2) is 16.6 Å². The van der Waals surface area contributed by atoms with E-state index in [4.69, 9.17) is 16.9 Å². The summed E-state index contributed by atoms with van der Waals surface area (Å²) < 4.78 is 39.3. The minimum Gasteiger partial charge on any atom is -0.325 e. The zero-order valence-corrected chi connectivity index (χ0v) is 15.3. The lowest BCUT2D eigenvalue weighted by Gasteiger charge is -2.13. The van der Waals surface area contributed by atoms with Crippen molar-refractivity contribution in [2.24, 2.45) is 0 Å². The molecule has 1 heterocycles. The fourth-order valence-electron chi connectivity index (χ4n) is 2.14. The number of carbonyl (C=O) groups is 1. The minimum absolute atomic E-state index is 0.116. The fourth-order valence-corrected chi connectivity index (χ4v) is 3.17. The molecule has 0 aliphatic heterocycles. The van der Waals surface area contributed by atoms with E-state index in [-0.39, 0.29) is 16.5 Å². The van der Waals surface area contributed by atoms with Crippen LogP contribution in [-0.2, 0) is 11.0 Å². The first-order valence-corrected chi connectivity index (χ1v) is 8.66. The summed E-state index contributed by atoms with van der Waals surface area (Å²) in [6, 6.07) is 7.36. The van der Waals surface area contributed by atoms with Crippen LogP contribution in [0.1, 0.15) is 22.4 Å². The summed E-state index contributed by atoms with van der Waals surface area (Å²) in [6.07, 6.45) is -4.67. The highest BCUT2D eigenvalue weighted by molar-refractivity contribution is 8.00. The number of nitrogens with zero attached hydrogens (tertiary/aromatic N) is 2. The molecule has 4 nitrogen and oxygen atoms in total. The molecule has 26 heavy (non-hydrogen) atoms. The van der Waals surface area contributed by atoms with Gasteiger partial charge >= 0.3 is 6.18 Å². The maximum absolute atomic E-state index is 13.1. The topological polar surface area (TPSA) is 65.8 Å². The Morgan fingerprint density at radius 3 is 2.69 bits per heavy atom. The van der Waals surface area contributed by atoms with Gasteiger partial charge in [0.1, 0.15) is 11.1 Å². The van der Waals surface area contributed by atoms with Gasteiger partial charge in [0.25, 0.3) is 0 Å². The number of pyridine rings is 1. The molecular formula is C17H13ClF3N3OS. The molecule has 0 radical (unpaired) electrons. The van der Waals surface area contributed by atoms with Crippen LogP contribution < -0.4 is 5.32 Å². The Labute approximate surface area is 157 Å². The van der Waals surface area contributed by atoms with E-state index in [1.165, 1.54) is 13.0 Å². The summed E-state index contributed by atoms with van der Waals surface area (Å²) in [5, 5.41) is 12.1. The third-order valence-electron chi connectivity index (χ3n) is 3.41. The number of thioether (sulfide) groups is 1. The van der Waals surface area contributed by atoms with Crippen LogP contribution in [0.2, 0.25) is 5.02 Å². The summed E-state index contributed by atoms with van der Waals surface area (Å²) in [5.74, 6) is -0.643. The third kappa shape index (κ3) is 4.68. The van der Waals surface area contributed by atoms with Crippen LogP contribution in [0.5, 0.6) is 0 Å². The molecule has 0 saturated heterocycles. The van der Waals surface area contributed by atoms with Crippen LogP contribution in [0.15, 0.2) is 29.3 Å². The van der Waals surface area contributed by atoms with Gasteiger partial charge in [-0.1, -0.05) is 29.4 Å². The number of anilines is 1. The van der Waals surface area contributed by atoms with Gasteiger partial charge in [0.05, 0.1) is 16.9 Å². The molecule has 0 aliphatic carbocycles. The predicted octanol–water partition coefficient (Wildman–Crippen LogP) is 4.97. The number of aryl methyl sites for hydroxylation is 1. The van der Waals surface area contributed by atoms with E-state index in [1.807, 2.05) is 0 Å². The number of aromatic nitrogens is 1. The summed E-state index contributed by atoms with van der Waals surface area (Å²) in [7, 11) is 0. The number of amides is 1. The van der Waals surface area contributed by atoms with E-state index in [9.17, 15) is 18.0 Å². The van der Waals surface area contributed by atoms with Crippen molar-refractivity contribution in [1.29, 1.82) is 5.26 Å². The Morgan fingerprint density at radius 2 is 2.08 bits per heavy atom. The van der Waals surface area contributed by atoms with Gasteiger partial charge in [-0.2, -0.15) is 18.4 Å². The number of benzene rings is 1. The average molecular weight is 400 g/mol. The molecule has 0 atom stereocenters. The first-order chi connectivity index (χ1) is 12.1. The quantitative estimate of drug-likeness (QED) is 0.737. The smallest absolute Gasteiger partial charge is 0.325 e. The normalized spacial score (nSPS) is 11.1. The number of nitrogens with one attached hydrogen (secondary N) is 1. The summed E-state index contributed by atoms with van der Waals surface area (Å²) >= 11 is 6.75. The molecule has 0 saturated carbocycles. The Balaban J connectivity index is 2.19. The summed E-state index contributed by atoms with van der Waals surface area (Å²) in [5.41, 5.74) is -0.332. The van der Waals surface area contributed by atoms with Crippen molar-refractivity contribution in [3.63, 3.8) is 0 Å². The summed E-state index contributed by atoms with van der Waals surface area (Å²) in [6.45, 7) is 3.13. The highest BCUT2D eigenvalue weighted by atomic mass is 35.5. The number of alkyl halides is 3. The van der Waals surface area contributed by atoms with Crippen molar-refractivity contribution in [1.82, 2.24) is 4.98 Å². The zero-order valence-electron chi connectivity index (χ0n) is 13.7. The molecule has 2 aromatic rings. The van der Waals surface area contributed by atoms with E-state index in [2.05, 4.69) is 10.3 Å². The average Bonchev–Trinajstić information content (AvgIpc) is 2.56. The Hall–Kier alpha value is -2.24. The molecule has 1 aromatic carbocycles. The second-order valence-corrected chi connectivity index (χ2v) is 6.72. The maximum atomic E-state index is 13.1. The molecular weight excluding hydrogens is 387 g/mol. The third-order valence-corrected chi connectivity index (χ3v) is 4.80. The number of hydrogen-bond donors (Lipinski definition) is 1. The maximum Gasteiger partial charge on any atom is 0.417 e.